The number of nitrogen functional groups attached to an aromatic ring is 2. The lowest BCUT2D eigenvalue weighted by molar-refractivity contribution is -0.0511. The topological polar surface area (TPSA) is 334 Å². The predicted octanol–water partition coefficient (Wildman–Crippen LogP) is -3.81. The van der Waals surface area contributed by atoms with Crippen molar-refractivity contribution in [3.05, 3.63) is 56.4 Å². The third-order valence-corrected chi connectivity index (χ3v) is 5.79. The molecule has 0 aliphatic carbocycles. The summed E-state index contributed by atoms with van der Waals surface area (Å²) in [6.45, 7) is -0.447. The molecule has 7 heterocycles. The number of H-pyrrole nitrogens is 5. The minimum Gasteiger partial charge on any atom is -0.394 e. The minimum absolute atomic E-state index is 0.0388. The van der Waals surface area contributed by atoms with Gasteiger partial charge in [-0.15, -0.1) is 0 Å². The van der Waals surface area contributed by atoms with Crippen molar-refractivity contribution in [3.8, 4) is 0 Å². The molecule has 1 aliphatic rings. The quantitative estimate of drug-likeness (QED) is 0.0953. The Morgan fingerprint density at radius 1 is 0.805 bits per heavy atom. The van der Waals surface area contributed by atoms with E-state index in [-0.39, 0.29) is 34.2 Å². The molecule has 0 spiro atoms. The lowest BCUT2D eigenvalue weighted by Gasteiger charge is -2.16. The summed E-state index contributed by atoms with van der Waals surface area (Å²) < 4.78 is 6.64. The van der Waals surface area contributed by atoms with Crippen molar-refractivity contribution in [1.82, 2.24) is 59.4 Å². The van der Waals surface area contributed by atoms with Gasteiger partial charge in [0.25, 0.3) is 16.7 Å². The van der Waals surface area contributed by atoms with Crippen molar-refractivity contribution in [1.29, 1.82) is 0 Å². The molecule has 6 aromatic heterocycles. The highest BCUT2D eigenvalue weighted by Gasteiger charge is 2.44. The average Bonchev–Trinajstić information content (AvgIpc) is 3.73. The summed E-state index contributed by atoms with van der Waals surface area (Å²) in [6.07, 6.45) is 0.943. The molecule has 0 bridgehead atoms. The molecule has 1 fully saturated rings. The standard InChI is InChI=1S/C10H13N5O5.C5H5N5O.C5H4N4O/c11-10-13-7-4(8(19)14-10)12-2-15(7)9-6(18)5(17)3(1-16)20-9;6-5-9-3-2(4(11)10-5)7-1-8-3;10-5-3-4(7-1-6-3)8-2-9-5/h2-3,5-6,9,16-18H,1H2,(H3,11,13,14,19);1H,(H4,6,7,8,9,10,11);1-2H,(H2,6,7,8,9,10)/t3-,5-,6-,9-;;/m1../s1. The van der Waals surface area contributed by atoms with Crippen LogP contribution in [0.15, 0.2) is 39.7 Å². The van der Waals surface area contributed by atoms with E-state index in [0.717, 1.165) is 0 Å². The van der Waals surface area contributed by atoms with Crippen LogP contribution in [0.4, 0.5) is 11.9 Å². The number of aromatic nitrogens is 12. The molecule has 41 heavy (non-hydrogen) atoms. The Labute approximate surface area is 224 Å². The molecule has 6 aromatic rings. The molecule has 0 radical (unpaired) electrons. The highest BCUT2D eigenvalue weighted by atomic mass is 16.6. The van der Waals surface area contributed by atoms with E-state index < -0.39 is 36.7 Å². The maximum atomic E-state index is 11.7. The van der Waals surface area contributed by atoms with Gasteiger partial charge in [0.05, 0.1) is 31.9 Å². The number of imidazole rings is 3. The normalized spacial score (nSPS) is 20.1. The van der Waals surface area contributed by atoms with E-state index in [1.54, 1.807) is 0 Å². The Balaban J connectivity index is 0.000000135. The molecule has 0 unspecified atom stereocenters. The third-order valence-electron chi connectivity index (χ3n) is 5.79. The van der Waals surface area contributed by atoms with Crippen molar-refractivity contribution in [2.45, 2.75) is 24.5 Å². The fourth-order valence-corrected chi connectivity index (χ4v) is 3.88. The first-order valence-corrected chi connectivity index (χ1v) is 11.6. The summed E-state index contributed by atoms with van der Waals surface area (Å²) in [6, 6.07) is 0. The summed E-state index contributed by atoms with van der Waals surface area (Å²) in [5, 5.41) is 28.7. The first-order valence-electron chi connectivity index (χ1n) is 11.6. The second kappa shape index (κ2) is 10.9. The molecule has 7 rings (SSSR count). The van der Waals surface area contributed by atoms with Gasteiger partial charge < -0.3 is 46.5 Å². The highest BCUT2D eigenvalue weighted by molar-refractivity contribution is 5.71. The maximum absolute atomic E-state index is 11.7. The molecular weight excluding hydrogens is 548 g/mol. The first kappa shape index (κ1) is 27.1. The van der Waals surface area contributed by atoms with Crippen LogP contribution in [0, 0.1) is 0 Å². The van der Waals surface area contributed by atoms with Crippen LogP contribution < -0.4 is 28.1 Å². The number of nitrogens with one attached hydrogen (secondary N) is 5. The fraction of sp³-hybridized carbons (Fsp3) is 0.250. The van der Waals surface area contributed by atoms with Crippen LogP contribution in [0.2, 0.25) is 0 Å². The van der Waals surface area contributed by atoms with Gasteiger partial charge in [0.1, 0.15) is 18.3 Å². The van der Waals surface area contributed by atoms with Crippen molar-refractivity contribution in [2.75, 3.05) is 18.1 Å². The molecule has 0 amide bonds. The largest absolute Gasteiger partial charge is 0.394 e. The zero-order valence-electron chi connectivity index (χ0n) is 20.6. The zero-order chi connectivity index (χ0) is 29.3. The number of nitrogens with zero attached hydrogens (tertiary/aromatic N) is 7. The molecule has 0 saturated carbocycles. The number of rotatable bonds is 2. The Hall–Kier alpha value is -5.51. The summed E-state index contributed by atoms with van der Waals surface area (Å²) in [7, 11) is 0. The van der Waals surface area contributed by atoms with E-state index in [1.807, 2.05) is 0 Å². The SMILES string of the molecule is Nc1nc2c(ncn2[C@@H]2O[C@H](CO)[C@@H](O)[C@H]2O)c(=O)[nH]1.Nc1nc2nc[nH]c2c(=O)[nH]1.O=c1[nH]cnc2nc[nH]c12. The van der Waals surface area contributed by atoms with E-state index in [4.69, 9.17) is 21.3 Å². The number of hydrogen-bond donors (Lipinski definition) is 10. The Kier molecular flexibility index (Phi) is 7.22. The van der Waals surface area contributed by atoms with Crippen LogP contribution >= 0.6 is 0 Å². The van der Waals surface area contributed by atoms with Crippen molar-refractivity contribution < 1.29 is 20.1 Å². The van der Waals surface area contributed by atoms with E-state index >= 15 is 0 Å². The molecule has 0 aromatic carbocycles. The summed E-state index contributed by atoms with van der Waals surface area (Å²) in [4.78, 5) is 68.9. The average molecular weight is 570 g/mol. The first-order chi connectivity index (χ1) is 19.7. The highest BCUT2D eigenvalue weighted by Crippen LogP contribution is 2.30. The van der Waals surface area contributed by atoms with Gasteiger partial charge in [-0.3, -0.25) is 28.9 Å². The maximum Gasteiger partial charge on any atom is 0.280 e. The smallest absolute Gasteiger partial charge is 0.280 e. The van der Waals surface area contributed by atoms with Gasteiger partial charge in [-0.1, -0.05) is 0 Å². The predicted molar refractivity (Wildman–Crippen MR) is 139 cm³/mol. The van der Waals surface area contributed by atoms with Crippen molar-refractivity contribution in [3.63, 3.8) is 0 Å². The van der Waals surface area contributed by atoms with E-state index in [2.05, 4.69) is 54.8 Å². The monoisotopic (exact) mass is 570 g/mol. The lowest BCUT2D eigenvalue weighted by atomic mass is 10.1. The second-order valence-electron chi connectivity index (χ2n) is 8.39. The minimum atomic E-state index is -1.29. The molecule has 1 saturated heterocycles. The Bertz CT molecular complexity index is 1990. The molecule has 21 nitrogen and oxygen atoms in total. The van der Waals surface area contributed by atoms with Crippen LogP contribution in [0.25, 0.3) is 33.5 Å². The molecule has 12 N–H and O–H groups in total. The van der Waals surface area contributed by atoms with E-state index in [9.17, 15) is 24.6 Å². The number of fused-ring (bicyclic) bond motifs is 3. The zero-order valence-corrected chi connectivity index (χ0v) is 20.6. The number of aromatic amines is 5. The third kappa shape index (κ3) is 5.22. The number of aliphatic hydroxyl groups is 3. The molecule has 1 aliphatic heterocycles. The Morgan fingerprint density at radius 2 is 1.41 bits per heavy atom. The molecule has 21 heteroatoms. The summed E-state index contributed by atoms with van der Waals surface area (Å²) >= 11 is 0. The Morgan fingerprint density at radius 3 is 2.07 bits per heavy atom. The van der Waals surface area contributed by atoms with Crippen LogP contribution in [-0.2, 0) is 4.74 Å². The van der Waals surface area contributed by atoms with Crippen LogP contribution in [0.1, 0.15) is 6.23 Å². The summed E-state index contributed by atoms with van der Waals surface area (Å²) in [5.41, 5.74) is 11.4. The lowest BCUT2D eigenvalue weighted by Crippen LogP contribution is -2.33. The van der Waals surface area contributed by atoms with Crippen molar-refractivity contribution in [2.24, 2.45) is 0 Å². The van der Waals surface area contributed by atoms with Gasteiger partial charge in [-0.25, -0.2) is 19.9 Å². The number of anilines is 2. The van der Waals surface area contributed by atoms with E-state index in [1.165, 1.54) is 29.9 Å². The van der Waals surface area contributed by atoms with Gasteiger partial charge in [0, 0.05) is 0 Å². The molecule has 214 valence electrons. The molecule has 4 atom stereocenters. The number of nitrogens with two attached hydrogens (primary N) is 2. The van der Waals surface area contributed by atoms with Gasteiger partial charge in [-0.05, 0) is 0 Å². The summed E-state index contributed by atoms with van der Waals surface area (Å²) in [5.74, 6) is -0.0226. The van der Waals surface area contributed by atoms with Crippen LogP contribution in [0.3, 0.4) is 0 Å². The number of hydrogen-bond acceptors (Lipinski definition) is 15. The van der Waals surface area contributed by atoms with Crippen LogP contribution in [-0.4, -0.2) is 99.6 Å². The van der Waals surface area contributed by atoms with Crippen molar-refractivity contribution >= 4 is 45.4 Å². The van der Waals surface area contributed by atoms with E-state index in [0.29, 0.717) is 22.3 Å². The second-order valence-corrected chi connectivity index (χ2v) is 8.39. The molecular formula is C20H22N14O7. The van der Waals surface area contributed by atoms with Crippen LogP contribution in [0.5, 0.6) is 0 Å². The number of aliphatic hydroxyl groups excluding tert-OH is 3. The van der Waals surface area contributed by atoms with Gasteiger partial charge >= 0.3 is 0 Å². The number of ether oxygens (including phenoxy) is 1. The van der Waals surface area contributed by atoms with Gasteiger partial charge in [0.15, 0.2) is 39.7 Å². The van der Waals surface area contributed by atoms with Gasteiger partial charge in [-0.2, -0.15) is 9.97 Å². The van der Waals surface area contributed by atoms with Gasteiger partial charge in [0.2, 0.25) is 11.9 Å². The fourth-order valence-electron chi connectivity index (χ4n) is 3.88.